The van der Waals surface area contributed by atoms with Crippen molar-refractivity contribution in [1.29, 1.82) is 0 Å². The lowest BCUT2D eigenvalue weighted by Crippen LogP contribution is -2.54. The molecule has 36 heavy (non-hydrogen) atoms. The van der Waals surface area contributed by atoms with Crippen LogP contribution in [0.3, 0.4) is 0 Å². The van der Waals surface area contributed by atoms with Crippen LogP contribution >= 0.6 is 34.5 Å². The molecular formula is C19H12Cl2F8N2O4S. The third-order valence-electron chi connectivity index (χ3n) is 5.48. The summed E-state index contributed by atoms with van der Waals surface area (Å²) in [5, 5.41) is 16.4. The van der Waals surface area contributed by atoms with Crippen molar-refractivity contribution in [3.63, 3.8) is 0 Å². The number of carbonyl (C=O) groups is 2. The number of rotatable bonds is 4. The Morgan fingerprint density at radius 2 is 1.67 bits per heavy atom. The average Bonchev–Trinajstić information content (AvgIpc) is 3.30. The van der Waals surface area contributed by atoms with E-state index in [-0.39, 0.29) is 6.07 Å². The quantitative estimate of drug-likeness (QED) is 0.424. The Morgan fingerprint density at radius 3 is 2.14 bits per heavy atom. The molecule has 1 fully saturated rings. The molecule has 198 valence electrons. The summed E-state index contributed by atoms with van der Waals surface area (Å²) >= 11 is 12.1. The van der Waals surface area contributed by atoms with Gasteiger partial charge in [-0.3, -0.25) is 4.79 Å². The van der Waals surface area contributed by atoms with Crippen LogP contribution in [0.15, 0.2) is 17.5 Å². The van der Waals surface area contributed by atoms with Crippen LogP contribution in [0.1, 0.15) is 50.8 Å². The number of thiazole rings is 1. The van der Waals surface area contributed by atoms with Crippen LogP contribution in [-0.4, -0.2) is 56.3 Å². The smallest absolute Gasteiger partial charge is 0.430 e. The van der Waals surface area contributed by atoms with Gasteiger partial charge in [0.1, 0.15) is 11.7 Å². The standard InChI is InChI=1S/C19H12Cl2F8N2O4S/c1-6-4-16(22,23)12(31(6)14(32)9-5-36-13(30-9)15(33)34)7-2-3-8(11(21)10(7)20)17(35,18(24,25)26)19(27,28)29/h2-3,5-6,12,35H,4H2,1H3,(H,33,34). The third-order valence-corrected chi connectivity index (χ3v) is 7.21. The molecule has 2 atom stereocenters. The molecule has 1 aliphatic heterocycles. The number of nitrogens with zero attached hydrogens (tertiary/aromatic N) is 2. The maximum Gasteiger partial charge on any atom is 0.430 e. The van der Waals surface area contributed by atoms with E-state index in [1.807, 2.05) is 0 Å². The molecule has 2 heterocycles. The van der Waals surface area contributed by atoms with Crippen molar-refractivity contribution in [2.75, 3.05) is 0 Å². The number of halogens is 10. The van der Waals surface area contributed by atoms with E-state index in [9.17, 15) is 41.0 Å². The van der Waals surface area contributed by atoms with Crippen molar-refractivity contribution in [2.24, 2.45) is 0 Å². The number of aliphatic hydroxyl groups is 1. The maximum absolute atomic E-state index is 15.0. The Morgan fingerprint density at radius 1 is 1.11 bits per heavy atom. The summed E-state index contributed by atoms with van der Waals surface area (Å²) in [6.45, 7) is 1.19. The van der Waals surface area contributed by atoms with Gasteiger partial charge in [0.05, 0.1) is 10.0 Å². The van der Waals surface area contributed by atoms with Crippen molar-refractivity contribution >= 4 is 46.4 Å². The van der Waals surface area contributed by atoms with E-state index in [1.54, 1.807) is 0 Å². The number of alkyl halides is 8. The van der Waals surface area contributed by atoms with Crippen LogP contribution in [0.4, 0.5) is 35.1 Å². The molecule has 1 saturated heterocycles. The van der Waals surface area contributed by atoms with Crippen molar-refractivity contribution in [3.8, 4) is 0 Å². The summed E-state index contributed by atoms with van der Waals surface area (Å²) in [6, 6.07) is -3.13. The van der Waals surface area contributed by atoms with Crippen LogP contribution in [0.5, 0.6) is 0 Å². The number of amides is 1. The topological polar surface area (TPSA) is 90.7 Å². The minimum Gasteiger partial charge on any atom is -0.476 e. The lowest BCUT2D eigenvalue weighted by atomic mass is 9.89. The molecule has 3 rings (SSSR count). The van der Waals surface area contributed by atoms with Gasteiger partial charge >= 0.3 is 18.3 Å². The van der Waals surface area contributed by atoms with Gasteiger partial charge in [-0.05, 0) is 6.92 Å². The van der Waals surface area contributed by atoms with Crippen molar-refractivity contribution in [1.82, 2.24) is 9.88 Å². The molecule has 6 nitrogen and oxygen atoms in total. The lowest BCUT2D eigenvalue weighted by molar-refractivity contribution is -0.376. The predicted molar refractivity (Wildman–Crippen MR) is 109 cm³/mol. The SMILES string of the molecule is CC1CC(F)(F)C(c2ccc(C(O)(C(F)(F)F)C(F)(F)F)c(Cl)c2Cl)N1C(=O)c1csc(C(=O)O)n1. The predicted octanol–water partition coefficient (Wildman–Crippen LogP) is 6.07. The van der Waals surface area contributed by atoms with Gasteiger partial charge in [-0.1, -0.05) is 35.3 Å². The monoisotopic (exact) mass is 586 g/mol. The third kappa shape index (κ3) is 4.39. The molecule has 1 amide bonds. The molecule has 0 saturated carbocycles. The number of likely N-dealkylation sites (tertiary alicyclic amines) is 1. The summed E-state index contributed by atoms with van der Waals surface area (Å²) in [4.78, 5) is 28.1. The summed E-state index contributed by atoms with van der Waals surface area (Å²) in [7, 11) is 0. The van der Waals surface area contributed by atoms with E-state index >= 15 is 8.78 Å². The van der Waals surface area contributed by atoms with Crippen LogP contribution < -0.4 is 0 Å². The summed E-state index contributed by atoms with van der Waals surface area (Å²) < 4.78 is 110. The fourth-order valence-electron chi connectivity index (χ4n) is 3.88. The van der Waals surface area contributed by atoms with Gasteiger partial charge in [0.25, 0.3) is 17.4 Å². The fourth-order valence-corrected chi connectivity index (χ4v) is 5.09. The number of carbonyl (C=O) groups excluding carboxylic acids is 1. The molecule has 0 radical (unpaired) electrons. The molecule has 2 N–H and O–H groups in total. The van der Waals surface area contributed by atoms with Crippen LogP contribution in [0, 0.1) is 0 Å². The molecular weight excluding hydrogens is 575 g/mol. The van der Waals surface area contributed by atoms with E-state index in [2.05, 4.69) is 4.98 Å². The highest BCUT2D eigenvalue weighted by Gasteiger charge is 2.72. The van der Waals surface area contributed by atoms with Crippen molar-refractivity contribution in [3.05, 3.63) is 49.4 Å². The molecule has 0 spiro atoms. The van der Waals surface area contributed by atoms with E-state index in [0.29, 0.717) is 22.3 Å². The zero-order valence-electron chi connectivity index (χ0n) is 17.4. The maximum atomic E-state index is 15.0. The van der Waals surface area contributed by atoms with Gasteiger partial charge in [-0.15, -0.1) is 11.3 Å². The lowest BCUT2D eigenvalue weighted by Gasteiger charge is -2.35. The largest absolute Gasteiger partial charge is 0.476 e. The number of hydrogen-bond donors (Lipinski definition) is 2. The van der Waals surface area contributed by atoms with Crippen LogP contribution in [-0.2, 0) is 5.60 Å². The molecule has 2 unspecified atom stereocenters. The number of aromatic nitrogens is 1. The fraction of sp³-hybridized carbons (Fsp3) is 0.421. The van der Waals surface area contributed by atoms with Gasteiger partial charge in [0.2, 0.25) is 5.01 Å². The molecule has 1 aromatic heterocycles. The van der Waals surface area contributed by atoms with Crippen molar-refractivity contribution in [2.45, 2.75) is 49.3 Å². The minimum atomic E-state index is -6.32. The normalized spacial score (nSPS) is 20.6. The van der Waals surface area contributed by atoms with Gasteiger partial charge < -0.3 is 15.1 Å². The van der Waals surface area contributed by atoms with Crippen LogP contribution in [0.2, 0.25) is 10.0 Å². The highest BCUT2D eigenvalue weighted by Crippen LogP contribution is 2.55. The molecule has 2 aromatic rings. The van der Waals surface area contributed by atoms with Gasteiger partial charge in [-0.2, -0.15) is 26.3 Å². The van der Waals surface area contributed by atoms with Crippen LogP contribution in [0.25, 0.3) is 0 Å². The highest BCUT2D eigenvalue weighted by atomic mass is 35.5. The molecule has 1 aliphatic rings. The summed E-state index contributed by atoms with van der Waals surface area (Å²) in [5.41, 5.74) is -8.76. The summed E-state index contributed by atoms with van der Waals surface area (Å²) in [5.74, 6) is -6.48. The molecule has 17 heteroatoms. The van der Waals surface area contributed by atoms with Gasteiger partial charge in [0.15, 0.2) is 0 Å². The first kappa shape index (κ1) is 28.3. The minimum absolute atomic E-state index is 0.0532. The molecule has 0 aliphatic carbocycles. The number of carboxylic acids is 1. The van der Waals surface area contributed by atoms with E-state index < -0.39 is 86.1 Å². The first-order chi connectivity index (χ1) is 16.3. The second-order valence-electron chi connectivity index (χ2n) is 7.81. The van der Waals surface area contributed by atoms with Gasteiger partial charge in [0, 0.05) is 29.0 Å². The second kappa shape index (κ2) is 8.96. The van der Waals surface area contributed by atoms with E-state index in [1.165, 1.54) is 6.92 Å². The number of benzene rings is 1. The number of hydrogen-bond acceptors (Lipinski definition) is 5. The highest BCUT2D eigenvalue weighted by molar-refractivity contribution is 7.11. The first-order valence-electron chi connectivity index (χ1n) is 9.49. The average molecular weight is 587 g/mol. The van der Waals surface area contributed by atoms with Crippen molar-refractivity contribution < 1.29 is 54.9 Å². The Labute approximate surface area is 210 Å². The second-order valence-corrected chi connectivity index (χ2v) is 9.42. The zero-order valence-corrected chi connectivity index (χ0v) is 19.7. The Kier molecular flexibility index (Phi) is 7.05. The number of carboxylic acid groups (broad SMARTS) is 1. The van der Waals surface area contributed by atoms with E-state index in [4.69, 9.17) is 28.3 Å². The Bertz CT molecular complexity index is 1200. The van der Waals surface area contributed by atoms with Gasteiger partial charge in [-0.25, -0.2) is 18.6 Å². The first-order valence-corrected chi connectivity index (χ1v) is 11.1. The number of aromatic carboxylic acids is 1. The Hall–Kier alpha value is -2.23. The van der Waals surface area contributed by atoms with E-state index in [0.717, 1.165) is 5.38 Å². The Balaban J connectivity index is 2.17. The summed E-state index contributed by atoms with van der Waals surface area (Å²) in [6.07, 6.45) is -13.6. The molecule has 0 bridgehead atoms. The molecule has 1 aromatic carbocycles. The zero-order chi connectivity index (χ0) is 27.6.